The van der Waals surface area contributed by atoms with Crippen molar-refractivity contribution in [3.8, 4) is 0 Å². The van der Waals surface area contributed by atoms with Crippen LogP contribution in [0.4, 0.5) is 0 Å². The lowest BCUT2D eigenvalue weighted by atomic mass is 9.70. The first-order valence-corrected chi connectivity index (χ1v) is 11.0. The van der Waals surface area contributed by atoms with Crippen molar-refractivity contribution in [2.24, 2.45) is 5.92 Å². The smallest absolute Gasteiger partial charge is 0.0489 e. The van der Waals surface area contributed by atoms with Crippen molar-refractivity contribution in [3.63, 3.8) is 0 Å². The van der Waals surface area contributed by atoms with Gasteiger partial charge in [0, 0.05) is 5.54 Å². The van der Waals surface area contributed by atoms with Crippen LogP contribution in [0, 0.1) is 5.92 Å². The van der Waals surface area contributed by atoms with E-state index in [1.54, 1.807) is 11.1 Å². The highest BCUT2D eigenvalue weighted by atomic mass is 15.2. The van der Waals surface area contributed by atoms with Gasteiger partial charge in [-0.15, -0.1) is 0 Å². The first kappa shape index (κ1) is 19.0. The standard InChI is InChI=1S/C24H39N/c1-4-6-7-8-9-13-21(5-2)24(18-12-19-25(24)3)23-15-11-10-14-22(23)20-16-17-20/h10-11,14-15,20-21H,4-9,12-13,16-19H2,1-3H3. The lowest BCUT2D eigenvalue weighted by molar-refractivity contribution is 0.0819. The number of hydrogen-bond acceptors (Lipinski definition) is 1. The molecule has 1 saturated carbocycles. The molecule has 0 amide bonds. The lowest BCUT2D eigenvalue weighted by Gasteiger charge is -2.45. The van der Waals surface area contributed by atoms with E-state index in [1.165, 1.54) is 77.2 Å². The van der Waals surface area contributed by atoms with E-state index < -0.39 is 0 Å². The summed E-state index contributed by atoms with van der Waals surface area (Å²) >= 11 is 0. The second kappa shape index (κ2) is 8.71. The molecule has 0 bridgehead atoms. The molecule has 1 aromatic rings. The van der Waals surface area contributed by atoms with E-state index in [0.29, 0.717) is 5.54 Å². The van der Waals surface area contributed by atoms with Crippen molar-refractivity contribution < 1.29 is 0 Å². The summed E-state index contributed by atoms with van der Waals surface area (Å²) in [5.41, 5.74) is 3.68. The van der Waals surface area contributed by atoms with Gasteiger partial charge in [0.25, 0.3) is 0 Å². The van der Waals surface area contributed by atoms with E-state index in [9.17, 15) is 0 Å². The predicted octanol–water partition coefficient (Wildman–Crippen LogP) is 6.87. The van der Waals surface area contributed by atoms with E-state index in [4.69, 9.17) is 0 Å². The Hall–Kier alpha value is -0.820. The Balaban J connectivity index is 1.83. The van der Waals surface area contributed by atoms with Gasteiger partial charge >= 0.3 is 0 Å². The largest absolute Gasteiger partial charge is 0.296 e. The molecule has 1 heterocycles. The minimum Gasteiger partial charge on any atom is -0.296 e. The molecule has 140 valence electrons. The first-order chi connectivity index (χ1) is 12.2. The second-order valence-corrected chi connectivity index (χ2v) is 8.62. The molecule has 2 unspecified atom stereocenters. The zero-order valence-corrected chi connectivity index (χ0v) is 16.9. The maximum Gasteiger partial charge on any atom is 0.0489 e. The van der Waals surface area contributed by atoms with Crippen molar-refractivity contribution in [1.29, 1.82) is 0 Å². The van der Waals surface area contributed by atoms with Gasteiger partial charge in [0.2, 0.25) is 0 Å². The Bertz CT molecular complexity index is 533. The summed E-state index contributed by atoms with van der Waals surface area (Å²) in [4.78, 5) is 2.73. The fourth-order valence-electron chi connectivity index (χ4n) is 5.47. The SMILES string of the molecule is CCCCCCCC(CC)C1(c2ccccc2C2CC2)CCCN1C. The summed E-state index contributed by atoms with van der Waals surface area (Å²) in [6.07, 6.45) is 15.3. The topological polar surface area (TPSA) is 3.24 Å². The lowest BCUT2D eigenvalue weighted by Crippen LogP contribution is -2.45. The summed E-state index contributed by atoms with van der Waals surface area (Å²) in [5, 5.41) is 0. The zero-order valence-electron chi connectivity index (χ0n) is 16.9. The number of unbranched alkanes of at least 4 members (excludes halogenated alkanes) is 4. The number of benzene rings is 1. The summed E-state index contributed by atoms with van der Waals surface area (Å²) in [6, 6.07) is 9.48. The summed E-state index contributed by atoms with van der Waals surface area (Å²) in [7, 11) is 2.40. The molecule has 0 spiro atoms. The molecule has 2 atom stereocenters. The van der Waals surface area contributed by atoms with Crippen LogP contribution in [0.15, 0.2) is 24.3 Å². The molecule has 0 N–H and O–H groups in total. The van der Waals surface area contributed by atoms with Crippen LogP contribution in [0.2, 0.25) is 0 Å². The van der Waals surface area contributed by atoms with E-state index >= 15 is 0 Å². The summed E-state index contributed by atoms with van der Waals surface area (Å²) in [5.74, 6) is 1.66. The Morgan fingerprint density at radius 1 is 1.08 bits per heavy atom. The van der Waals surface area contributed by atoms with Crippen LogP contribution < -0.4 is 0 Å². The van der Waals surface area contributed by atoms with E-state index in [-0.39, 0.29) is 0 Å². The average Bonchev–Trinajstić information content (AvgIpc) is 3.41. The van der Waals surface area contributed by atoms with Crippen molar-refractivity contribution in [3.05, 3.63) is 35.4 Å². The van der Waals surface area contributed by atoms with Gasteiger partial charge in [0.15, 0.2) is 0 Å². The number of likely N-dealkylation sites (tertiary alicyclic amines) is 1. The fraction of sp³-hybridized carbons (Fsp3) is 0.750. The molecule has 1 aliphatic carbocycles. The number of hydrogen-bond donors (Lipinski definition) is 0. The molecule has 25 heavy (non-hydrogen) atoms. The van der Waals surface area contributed by atoms with Gasteiger partial charge in [-0.3, -0.25) is 4.90 Å². The molecular weight excluding hydrogens is 302 g/mol. The Morgan fingerprint density at radius 2 is 1.84 bits per heavy atom. The molecule has 2 aliphatic rings. The van der Waals surface area contributed by atoms with Crippen LogP contribution >= 0.6 is 0 Å². The van der Waals surface area contributed by atoms with Crippen molar-refractivity contribution in [1.82, 2.24) is 4.90 Å². The van der Waals surface area contributed by atoms with Crippen LogP contribution in [0.3, 0.4) is 0 Å². The predicted molar refractivity (Wildman–Crippen MR) is 109 cm³/mol. The fourth-order valence-corrected chi connectivity index (χ4v) is 5.47. The molecule has 1 saturated heterocycles. The maximum absolute atomic E-state index is 2.73. The van der Waals surface area contributed by atoms with Crippen LogP contribution in [0.25, 0.3) is 0 Å². The Labute approximate surface area is 156 Å². The molecule has 1 aromatic carbocycles. The number of rotatable bonds is 10. The van der Waals surface area contributed by atoms with Gasteiger partial charge in [0.1, 0.15) is 0 Å². The average molecular weight is 342 g/mol. The van der Waals surface area contributed by atoms with Crippen LogP contribution in [0.5, 0.6) is 0 Å². The highest BCUT2D eigenvalue weighted by Crippen LogP contribution is 2.52. The van der Waals surface area contributed by atoms with E-state index in [1.807, 2.05) is 0 Å². The van der Waals surface area contributed by atoms with E-state index in [2.05, 4.69) is 50.1 Å². The summed E-state index contributed by atoms with van der Waals surface area (Å²) in [6.45, 7) is 6.02. The minimum atomic E-state index is 0.304. The molecule has 0 radical (unpaired) electrons. The zero-order chi connectivity index (χ0) is 17.7. The van der Waals surface area contributed by atoms with Gasteiger partial charge in [0.05, 0.1) is 0 Å². The molecule has 1 nitrogen and oxygen atoms in total. The van der Waals surface area contributed by atoms with Crippen molar-refractivity contribution in [2.75, 3.05) is 13.6 Å². The van der Waals surface area contributed by atoms with Gasteiger partial charge < -0.3 is 0 Å². The maximum atomic E-state index is 2.73. The van der Waals surface area contributed by atoms with Crippen LogP contribution in [-0.4, -0.2) is 18.5 Å². The highest BCUT2D eigenvalue weighted by Gasteiger charge is 2.47. The third kappa shape index (κ3) is 3.97. The monoisotopic (exact) mass is 341 g/mol. The molecule has 1 heteroatoms. The highest BCUT2D eigenvalue weighted by molar-refractivity contribution is 5.40. The first-order valence-electron chi connectivity index (χ1n) is 11.0. The number of nitrogens with zero attached hydrogens (tertiary/aromatic N) is 1. The van der Waals surface area contributed by atoms with Crippen LogP contribution in [0.1, 0.15) is 102 Å². The van der Waals surface area contributed by atoms with Crippen molar-refractivity contribution >= 4 is 0 Å². The van der Waals surface area contributed by atoms with Gasteiger partial charge in [-0.05, 0) is 68.7 Å². The quantitative estimate of drug-likeness (QED) is 0.420. The minimum absolute atomic E-state index is 0.304. The second-order valence-electron chi connectivity index (χ2n) is 8.62. The molecule has 0 aromatic heterocycles. The summed E-state index contributed by atoms with van der Waals surface area (Å²) < 4.78 is 0. The van der Waals surface area contributed by atoms with Gasteiger partial charge in [-0.1, -0.05) is 76.6 Å². The Morgan fingerprint density at radius 3 is 2.48 bits per heavy atom. The molecular formula is C24H39N. The van der Waals surface area contributed by atoms with Crippen LogP contribution in [-0.2, 0) is 5.54 Å². The Kier molecular flexibility index (Phi) is 6.61. The van der Waals surface area contributed by atoms with Gasteiger partial charge in [-0.25, -0.2) is 0 Å². The molecule has 2 fully saturated rings. The van der Waals surface area contributed by atoms with Gasteiger partial charge in [-0.2, -0.15) is 0 Å². The van der Waals surface area contributed by atoms with E-state index in [0.717, 1.165) is 11.8 Å². The molecule has 1 aliphatic heterocycles. The third-order valence-corrected chi connectivity index (χ3v) is 7.00. The van der Waals surface area contributed by atoms with Crippen molar-refractivity contribution in [2.45, 2.75) is 95.9 Å². The normalized spacial score (nSPS) is 25.4. The molecule has 3 rings (SSSR count). The third-order valence-electron chi connectivity index (χ3n) is 7.00.